The molecule has 0 fully saturated rings. The lowest BCUT2D eigenvalue weighted by Crippen LogP contribution is -2.24. The number of carboxylic acids is 1. The molecular formula is C14H20ClNO2. The van der Waals surface area contributed by atoms with Crippen molar-refractivity contribution in [1.29, 1.82) is 0 Å². The zero-order valence-corrected chi connectivity index (χ0v) is 11.5. The Morgan fingerprint density at radius 2 is 2.00 bits per heavy atom. The van der Waals surface area contributed by atoms with Gasteiger partial charge in [0.05, 0.1) is 0 Å². The Morgan fingerprint density at radius 3 is 2.50 bits per heavy atom. The molecule has 4 heteroatoms. The molecule has 0 spiro atoms. The molecule has 18 heavy (non-hydrogen) atoms. The molecule has 0 unspecified atom stereocenters. The molecule has 1 aromatic carbocycles. The molecule has 0 aliphatic carbocycles. The van der Waals surface area contributed by atoms with Crippen LogP contribution in [-0.4, -0.2) is 30.0 Å². The van der Waals surface area contributed by atoms with Crippen LogP contribution in [0.1, 0.15) is 25.3 Å². The fraction of sp³-hybridized carbons (Fsp3) is 0.500. The van der Waals surface area contributed by atoms with Crippen molar-refractivity contribution in [3.8, 4) is 0 Å². The van der Waals surface area contributed by atoms with Crippen molar-refractivity contribution in [3.05, 3.63) is 29.8 Å². The second kappa shape index (κ2) is 7.98. The van der Waals surface area contributed by atoms with Gasteiger partial charge in [0.15, 0.2) is 0 Å². The van der Waals surface area contributed by atoms with Gasteiger partial charge in [-0.1, -0.05) is 12.1 Å². The second-order valence-corrected chi connectivity index (χ2v) is 4.56. The molecule has 1 N–H and O–H groups in total. The molecule has 0 heterocycles. The van der Waals surface area contributed by atoms with Gasteiger partial charge in [0.2, 0.25) is 0 Å². The van der Waals surface area contributed by atoms with Gasteiger partial charge < -0.3 is 10.0 Å². The number of aryl methyl sites for hydroxylation is 1. The summed E-state index contributed by atoms with van der Waals surface area (Å²) in [5, 5.41) is 8.58. The van der Waals surface area contributed by atoms with E-state index in [1.165, 1.54) is 11.3 Å². The average molecular weight is 270 g/mol. The van der Waals surface area contributed by atoms with Gasteiger partial charge in [-0.3, -0.25) is 4.79 Å². The quantitative estimate of drug-likeness (QED) is 0.737. The molecule has 0 aliphatic heterocycles. The maximum Gasteiger partial charge on any atom is 0.303 e. The maximum atomic E-state index is 10.4. The highest BCUT2D eigenvalue weighted by Crippen LogP contribution is 2.16. The van der Waals surface area contributed by atoms with E-state index in [1.807, 2.05) is 0 Å². The first-order valence-corrected chi connectivity index (χ1v) is 6.82. The maximum absolute atomic E-state index is 10.4. The Labute approximate surface area is 113 Å². The predicted molar refractivity (Wildman–Crippen MR) is 75.6 cm³/mol. The molecule has 0 saturated heterocycles. The van der Waals surface area contributed by atoms with Crippen molar-refractivity contribution in [1.82, 2.24) is 0 Å². The highest BCUT2D eigenvalue weighted by molar-refractivity contribution is 6.18. The van der Waals surface area contributed by atoms with Gasteiger partial charge in [0.25, 0.3) is 0 Å². The Morgan fingerprint density at radius 1 is 1.33 bits per heavy atom. The zero-order valence-electron chi connectivity index (χ0n) is 10.7. The van der Waals surface area contributed by atoms with Crippen molar-refractivity contribution in [2.75, 3.05) is 23.9 Å². The van der Waals surface area contributed by atoms with E-state index in [-0.39, 0.29) is 6.42 Å². The number of rotatable bonds is 8. The molecular weight excluding hydrogens is 250 g/mol. The third kappa shape index (κ3) is 4.96. The van der Waals surface area contributed by atoms with Crippen LogP contribution in [0.3, 0.4) is 0 Å². The summed E-state index contributed by atoms with van der Waals surface area (Å²) in [4.78, 5) is 12.6. The summed E-state index contributed by atoms with van der Waals surface area (Å²) in [5.74, 6) is -0.111. The van der Waals surface area contributed by atoms with Gasteiger partial charge in [-0.15, -0.1) is 11.6 Å². The lowest BCUT2D eigenvalue weighted by molar-refractivity contribution is -0.137. The summed E-state index contributed by atoms with van der Waals surface area (Å²) in [6.07, 6.45) is 1.73. The van der Waals surface area contributed by atoms with Gasteiger partial charge in [-0.05, 0) is 37.5 Å². The lowest BCUT2D eigenvalue weighted by Gasteiger charge is -2.22. The van der Waals surface area contributed by atoms with E-state index in [1.54, 1.807) is 0 Å². The normalized spacial score (nSPS) is 10.3. The molecule has 0 radical (unpaired) electrons. The molecule has 0 atom stereocenters. The van der Waals surface area contributed by atoms with Gasteiger partial charge in [-0.2, -0.15) is 0 Å². The van der Waals surface area contributed by atoms with Crippen molar-refractivity contribution >= 4 is 23.3 Å². The smallest absolute Gasteiger partial charge is 0.303 e. The molecule has 100 valence electrons. The predicted octanol–water partition coefficient (Wildman–Crippen LogP) is 3.16. The van der Waals surface area contributed by atoms with E-state index in [9.17, 15) is 4.79 Å². The first kappa shape index (κ1) is 14.8. The third-order valence-corrected chi connectivity index (χ3v) is 3.06. The SMILES string of the molecule is CCN(CCCl)c1ccc(CCCC(=O)O)cc1. The minimum absolute atomic E-state index is 0.231. The number of hydrogen-bond acceptors (Lipinski definition) is 2. The Hall–Kier alpha value is -1.22. The number of nitrogens with zero attached hydrogens (tertiary/aromatic N) is 1. The molecule has 0 aromatic heterocycles. The van der Waals surface area contributed by atoms with Crippen LogP contribution >= 0.6 is 11.6 Å². The van der Waals surface area contributed by atoms with E-state index in [2.05, 4.69) is 36.1 Å². The lowest BCUT2D eigenvalue weighted by atomic mass is 10.1. The van der Waals surface area contributed by atoms with Crippen molar-refractivity contribution in [2.24, 2.45) is 0 Å². The number of carbonyl (C=O) groups is 1. The fourth-order valence-corrected chi connectivity index (χ4v) is 2.09. The summed E-state index contributed by atoms with van der Waals surface area (Å²) in [7, 11) is 0. The standard InChI is InChI=1S/C14H20ClNO2/c1-2-16(11-10-15)13-8-6-12(7-9-13)4-3-5-14(17)18/h6-9H,2-5,10-11H2,1H3,(H,17,18). The van der Waals surface area contributed by atoms with Crippen molar-refractivity contribution in [2.45, 2.75) is 26.2 Å². The van der Waals surface area contributed by atoms with Gasteiger partial charge in [-0.25, -0.2) is 0 Å². The highest BCUT2D eigenvalue weighted by atomic mass is 35.5. The summed E-state index contributed by atoms with van der Waals surface area (Å²) in [5.41, 5.74) is 2.35. The fourth-order valence-electron chi connectivity index (χ4n) is 1.89. The topological polar surface area (TPSA) is 40.5 Å². The van der Waals surface area contributed by atoms with E-state index in [0.29, 0.717) is 12.3 Å². The number of benzene rings is 1. The Bertz CT molecular complexity index is 365. The summed E-state index contributed by atoms with van der Waals surface area (Å²) in [6, 6.07) is 8.28. The van der Waals surface area contributed by atoms with Crippen LogP contribution in [0.15, 0.2) is 24.3 Å². The number of carboxylic acid groups (broad SMARTS) is 1. The summed E-state index contributed by atoms with van der Waals surface area (Å²) in [6.45, 7) is 3.88. The minimum Gasteiger partial charge on any atom is -0.481 e. The first-order chi connectivity index (χ1) is 8.67. The average Bonchev–Trinajstić information content (AvgIpc) is 2.36. The van der Waals surface area contributed by atoms with Crippen molar-refractivity contribution in [3.63, 3.8) is 0 Å². The third-order valence-electron chi connectivity index (χ3n) is 2.89. The molecule has 1 aromatic rings. The molecule has 0 aliphatic rings. The van der Waals surface area contributed by atoms with E-state index >= 15 is 0 Å². The molecule has 1 rings (SSSR count). The molecule has 0 saturated carbocycles. The number of halogens is 1. The number of anilines is 1. The van der Waals surface area contributed by atoms with Crippen LogP contribution in [0.2, 0.25) is 0 Å². The number of alkyl halides is 1. The van der Waals surface area contributed by atoms with Gasteiger partial charge in [0, 0.05) is 31.1 Å². The van der Waals surface area contributed by atoms with E-state index in [4.69, 9.17) is 16.7 Å². The van der Waals surface area contributed by atoms with Crippen LogP contribution in [-0.2, 0) is 11.2 Å². The number of aliphatic carboxylic acids is 1. The monoisotopic (exact) mass is 269 g/mol. The molecule has 0 amide bonds. The van der Waals surface area contributed by atoms with Crippen LogP contribution in [0.5, 0.6) is 0 Å². The minimum atomic E-state index is -0.731. The highest BCUT2D eigenvalue weighted by Gasteiger charge is 2.03. The van der Waals surface area contributed by atoms with Gasteiger partial charge in [0.1, 0.15) is 0 Å². The van der Waals surface area contributed by atoms with Crippen LogP contribution in [0.4, 0.5) is 5.69 Å². The van der Waals surface area contributed by atoms with E-state index < -0.39 is 5.97 Å². The Kier molecular flexibility index (Phi) is 6.58. The van der Waals surface area contributed by atoms with Crippen LogP contribution < -0.4 is 4.90 Å². The van der Waals surface area contributed by atoms with E-state index in [0.717, 1.165) is 19.5 Å². The zero-order chi connectivity index (χ0) is 13.4. The van der Waals surface area contributed by atoms with Crippen molar-refractivity contribution < 1.29 is 9.90 Å². The molecule has 3 nitrogen and oxygen atoms in total. The first-order valence-electron chi connectivity index (χ1n) is 6.29. The molecule has 0 bridgehead atoms. The number of hydrogen-bond donors (Lipinski definition) is 1. The van der Waals surface area contributed by atoms with Crippen LogP contribution in [0, 0.1) is 0 Å². The summed E-state index contributed by atoms with van der Waals surface area (Å²) < 4.78 is 0. The van der Waals surface area contributed by atoms with Crippen LogP contribution in [0.25, 0.3) is 0 Å². The van der Waals surface area contributed by atoms with Gasteiger partial charge >= 0.3 is 5.97 Å². The Balaban J connectivity index is 2.53. The largest absolute Gasteiger partial charge is 0.481 e. The second-order valence-electron chi connectivity index (χ2n) is 4.18. The summed E-state index contributed by atoms with van der Waals surface area (Å²) >= 11 is 5.76.